The summed E-state index contributed by atoms with van der Waals surface area (Å²) in [5.41, 5.74) is 4.16. The van der Waals surface area contributed by atoms with Crippen molar-refractivity contribution in [1.82, 2.24) is 0 Å². The number of nitrogens with one attached hydrogen (secondary N) is 1. The summed E-state index contributed by atoms with van der Waals surface area (Å²) in [4.78, 5) is 11.9. The molecule has 0 spiro atoms. The number of ether oxygens (including phenoxy) is 1. The summed E-state index contributed by atoms with van der Waals surface area (Å²) >= 11 is 3.43. The molecule has 4 heteroatoms. The first kappa shape index (κ1) is 15.6. The highest BCUT2D eigenvalue weighted by atomic mass is 79.9. The first-order valence-electron chi connectivity index (χ1n) is 6.71. The summed E-state index contributed by atoms with van der Waals surface area (Å²) in [5, 5.41) is 2.85. The van der Waals surface area contributed by atoms with E-state index in [1.165, 1.54) is 0 Å². The normalized spacial score (nSPS) is 10.3. The predicted molar refractivity (Wildman–Crippen MR) is 88.9 cm³/mol. The first-order chi connectivity index (χ1) is 9.94. The number of hydrogen-bond donors (Lipinski definition) is 1. The van der Waals surface area contributed by atoms with Gasteiger partial charge in [-0.3, -0.25) is 4.79 Å². The molecule has 21 heavy (non-hydrogen) atoms. The maximum Gasteiger partial charge on any atom is 0.262 e. The molecule has 0 unspecified atom stereocenters. The largest absolute Gasteiger partial charge is 0.483 e. The average Bonchev–Trinajstić information content (AvgIpc) is 2.36. The molecule has 0 aliphatic carbocycles. The van der Waals surface area contributed by atoms with Crippen LogP contribution >= 0.6 is 15.9 Å². The summed E-state index contributed by atoms with van der Waals surface area (Å²) in [6.45, 7) is 5.99. The van der Waals surface area contributed by atoms with Crippen LogP contribution in [0.25, 0.3) is 0 Å². The van der Waals surface area contributed by atoms with E-state index in [1.54, 1.807) is 0 Å². The third-order valence-corrected chi connectivity index (χ3v) is 3.57. The van der Waals surface area contributed by atoms with Gasteiger partial charge in [-0.05, 0) is 77.7 Å². The molecule has 0 radical (unpaired) electrons. The fourth-order valence-corrected chi connectivity index (χ4v) is 2.72. The van der Waals surface area contributed by atoms with E-state index < -0.39 is 0 Å². The van der Waals surface area contributed by atoms with Crippen molar-refractivity contribution < 1.29 is 9.53 Å². The third-order valence-electron chi connectivity index (χ3n) is 2.95. The Balaban J connectivity index is 1.95. The molecule has 0 saturated heterocycles. The molecule has 0 aliphatic heterocycles. The van der Waals surface area contributed by atoms with Crippen LogP contribution in [0.5, 0.6) is 5.75 Å². The molecule has 1 N–H and O–H groups in total. The standard InChI is InChI=1S/C17H18BrNO2/c1-11-4-5-16(15(18)9-11)21-10-17(20)19-14-7-12(2)6-13(3)8-14/h4-9H,10H2,1-3H3,(H,19,20). The van der Waals surface area contributed by atoms with Gasteiger partial charge in [-0.2, -0.15) is 0 Å². The highest BCUT2D eigenvalue weighted by molar-refractivity contribution is 9.10. The Morgan fingerprint density at radius 2 is 1.71 bits per heavy atom. The van der Waals surface area contributed by atoms with Crippen molar-refractivity contribution in [1.29, 1.82) is 0 Å². The molecule has 2 aromatic rings. The lowest BCUT2D eigenvalue weighted by Crippen LogP contribution is -2.20. The summed E-state index contributed by atoms with van der Waals surface area (Å²) in [5.74, 6) is 0.489. The van der Waals surface area contributed by atoms with Crippen molar-refractivity contribution in [2.24, 2.45) is 0 Å². The lowest BCUT2D eigenvalue weighted by Gasteiger charge is -2.10. The van der Waals surface area contributed by atoms with Gasteiger partial charge in [0.15, 0.2) is 6.61 Å². The lowest BCUT2D eigenvalue weighted by atomic mass is 10.1. The van der Waals surface area contributed by atoms with Crippen LogP contribution in [0.15, 0.2) is 40.9 Å². The van der Waals surface area contributed by atoms with Crippen LogP contribution in [0, 0.1) is 20.8 Å². The Hall–Kier alpha value is -1.81. The Kier molecular flexibility index (Phi) is 5.02. The number of benzene rings is 2. The zero-order valence-corrected chi connectivity index (χ0v) is 14.0. The van der Waals surface area contributed by atoms with Crippen molar-refractivity contribution in [3.05, 3.63) is 57.6 Å². The third kappa shape index (κ3) is 4.60. The van der Waals surface area contributed by atoms with E-state index in [4.69, 9.17) is 4.74 Å². The summed E-state index contributed by atoms with van der Waals surface area (Å²) in [6, 6.07) is 11.7. The molecule has 0 atom stereocenters. The van der Waals surface area contributed by atoms with Crippen LogP contribution in [0.3, 0.4) is 0 Å². The van der Waals surface area contributed by atoms with Crippen LogP contribution in [0.1, 0.15) is 16.7 Å². The van der Waals surface area contributed by atoms with Crippen molar-refractivity contribution in [2.75, 3.05) is 11.9 Å². The number of rotatable bonds is 4. The molecule has 0 heterocycles. The number of carbonyl (C=O) groups excluding carboxylic acids is 1. The lowest BCUT2D eigenvalue weighted by molar-refractivity contribution is -0.118. The molecular formula is C17H18BrNO2. The van der Waals surface area contributed by atoms with Gasteiger partial charge in [-0.1, -0.05) is 12.1 Å². The van der Waals surface area contributed by atoms with Gasteiger partial charge >= 0.3 is 0 Å². The number of aryl methyl sites for hydroxylation is 3. The van der Waals surface area contributed by atoms with Gasteiger partial charge in [0, 0.05) is 5.69 Å². The summed E-state index contributed by atoms with van der Waals surface area (Å²) in [6.07, 6.45) is 0. The van der Waals surface area contributed by atoms with E-state index >= 15 is 0 Å². The molecule has 0 aromatic heterocycles. The van der Waals surface area contributed by atoms with Crippen LogP contribution in [0.2, 0.25) is 0 Å². The topological polar surface area (TPSA) is 38.3 Å². The Morgan fingerprint density at radius 3 is 2.33 bits per heavy atom. The molecule has 2 rings (SSSR count). The predicted octanol–water partition coefficient (Wildman–Crippen LogP) is 4.39. The molecule has 0 fully saturated rings. The van der Waals surface area contributed by atoms with E-state index in [1.807, 2.05) is 51.1 Å². The van der Waals surface area contributed by atoms with Gasteiger partial charge in [-0.25, -0.2) is 0 Å². The van der Waals surface area contributed by atoms with Crippen LogP contribution in [0.4, 0.5) is 5.69 Å². The summed E-state index contributed by atoms with van der Waals surface area (Å²) in [7, 11) is 0. The highest BCUT2D eigenvalue weighted by Crippen LogP contribution is 2.25. The van der Waals surface area contributed by atoms with E-state index in [0.717, 1.165) is 26.9 Å². The van der Waals surface area contributed by atoms with Crippen molar-refractivity contribution in [3.63, 3.8) is 0 Å². The van der Waals surface area contributed by atoms with Crippen LogP contribution in [-0.2, 0) is 4.79 Å². The molecule has 1 amide bonds. The number of carbonyl (C=O) groups is 1. The second-order valence-corrected chi connectivity index (χ2v) is 6.00. The minimum atomic E-state index is -0.174. The average molecular weight is 348 g/mol. The van der Waals surface area contributed by atoms with Crippen LogP contribution in [-0.4, -0.2) is 12.5 Å². The minimum Gasteiger partial charge on any atom is -0.483 e. The smallest absolute Gasteiger partial charge is 0.262 e. The second kappa shape index (κ2) is 6.76. The monoisotopic (exact) mass is 347 g/mol. The van der Waals surface area contributed by atoms with Gasteiger partial charge in [0.1, 0.15) is 5.75 Å². The molecule has 2 aromatic carbocycles. The zero-order valence-electron chi connectivity index (χ0n) is 12.4. The van der Waals surface area contributed by atoms with Gasteiger partial charge in [0.25, 0.3) is 5.91 Å². The van der Waals surface area contributed by atoms with Crippen molar-refractivity contribution >= 4 is 27.5 Å². The molecular weight excluding hydrogens is 330 g/mol. The highest BCUT2D eigenvalue weighted by Gasteiger charge is 2.07. The first-order valence-corrected chi connectivity index (χ1v) is 7.50. The molecule has 110 valence electrons. The van der Waals surface area contributed by atoms with Gasteiger partial charge in [-0.15, -0.1) is 0 Å². The van der Waals surface area contributed by atoms with E-state index in [0.29, 0.717) is 5.75 Å². The summed E-state index contributed by atoms with van der Waals surface area (Å²) < 4.78 is 6.38. The van der Waals surface area contributed by atoms with Gasteiger partial charge in [0.2, 0.25) is 0 Å². The SMILES string of the molecule is Cc1cc(C)cc(NC(=O)COc2ccc(C)cc2Br)c1. The van der Waals surface area contributed by atoms with Gasteiger partial charge in [0.05, 0.1) is 4.47 Å². The van der Waals surface area contributed by atoms with E-state index in [-0.39, 0.29) is 12.5 Å². The Labute approximate surface area is 133 Å². The maximum absolute atomic E-state index is 11.9. The molecule has 3 nitrogen and oxygen atoms in total. The van der Waals surface area contributed by atoms with E-state index in [2.05, 4.69) is 27.3 Å². The van der Waals surface area contributed by atoms with Crippen LogP contribution < -0.4 is 10.1 Å². The fourth-order valence-electron chi connectivity index (χ4n) is 2.11. The van der Waals surface area contributed by atoms with E-state index in [9.17, 15) is 4.79 Å². The fraction of sp³-hybridized carbons (Fsp3) is 0.235. The minimum absolute atomic E-state index is 0.0192. The number of hydrogen-bond acceptors (Lipinski definition) is 2. The second-order valence-electron chi connectivity index (χ2n) is 5.15. The number of anilines is 1. The molecule has 0 saturated carbocycles. The quantitative estimate of drug-likeness (QED) is 0.890. The molecule has 0 bridgehead atoms. The van der Waals surface area contributed by atoms with Crippen molar-refractivity contribution in [3.8, 4) is 5.75 Å². The zero-order chi connectivity index (χ0) is 15.4. The number of amides is 1. The van der Waals surface area contributed by atoms with Crippen molar-refractivity contribution in [2.45, 2.75) is 20.8 Å². The Morgan fingerprint density at radius 1 is 1.05 bits per heavy atom. The number of halogens is 1. The van der Waals surface area contributed by atoms with Gasteiger partial charge < -0.3 is 10.1 Å². The molecule has 0 aliphatic rings. The maximum atomic E-state index is 11.9. The Bertz CT molecular complexity index is 648.